The van der Waals surface area contributed by atoms with Crippen molar-refractivity contribution in [3.8, 4) is 22.4 Å². The zero-order chi connectivity index (χ0) is 20.2. The van der Waals surface area contributed by atoms with Gasteiger partial charge < -0.3 is 10.5 Å². The number of benzene rings is 1. The van der Waals surface area contributed by atoms with Crippen LogP contribution in [-0.2, 0) is 15.5 Å². The largest absolute Gasteiger partial charge is 0.396 e. The van der Waals surface area contributed by atoms with Crippen molar-refractivity contribution in [1.29, 1.82) is 0 Å². The van der Waals surface area contributed by atoms with Crippen molar-refractivity contribution in [3.05, 3.63) is 54.9 Å². The SMILES string of the molecule is COCCCS(=O)c1sc2nc(-c3ccnnc3)cc(-c3ccccc3)c2c1N. The summed E-state index contributed by atoms with van der Waals surface area (Å²) in [7, 11) is 0.447. The Kier molecular flexibility index (Phi) is 5.94. The van der Waals surface area contributed by atoms with Crippen molar-refractivity contribution >= 4 is 38.0 Å². The van der Waals surface area contributed by atoms with E-state index >= 15 is 0 Å². The second-order valence-electron chi connectivity index (χ2n) is 6.43. The molecule has 0 aliphatic carbocycles. The first-order valence-electron chi connectivity index (χ1n) is 9.12. The first-order chi connectivity index (χ1) is 14.2. The Morgan fingerprint density at radius 2 is 1.97 bits per heavy atom. The van der Waals surface area contributed by atoms with Crippen LogP contribution in [-0.4, -0.2) is 38.9 Å². The highest BCUT2D eigenvalue weighted by atomic mass is 32.2. The number of nitrogens with two attached hydrogens (primary N) is 1. The summed E-state index contributed by atoms with van der Waals surface area (Å²) in [6.07, 6.45) is 4.04. The summed E-state index contributed by atoms with van der Waals surface area (Å²) >= 11 is 1.39. The third-order valence-electron chi connectivity index (χ3n) is 4.51. The Morgan fingerprint density at radius 1 is 1.14 bits per heavy atom. The Bertz CT molecular complexity index is 1150. The van der Waals surface area contributed by atoms with E-state index < -0.39 is 10.8 Å². The molecule has 148 valence electrons. The first-order valence-corrected chi connectivity index (χ1v) is 11.3. The lowest BCUT2D eigenvalue weighted by atomic mass is 10.0. The molecule has 0 spiro atoms. The zero-order valence-electron chi connectivity index (χ0n) is 15.9. The highest BCUT2D eigenvalue weighted by Crippen LogP contribution is 2.42. The van der Waals surface area contributed by atoms with Gasteiger partial charge in [-0.2, -0.15) is 10.2 Å². The van der Waals surface area contributed by atoms with Crippen LogP contribution >= 0.6 is 11.3 Å². The molecule has 0 radical (unpaired) electrons. The third kappa shape index (κ3) is 4.05. The predicted octanol–water partition coefficient (Wildman–Crippen LogP) is 4.15. The maximum absolute atomic E-state index is 12.9. The fraction of sp³-hybridized carbons (Fsp3) is 0.190. The van der Waals surface area contributed by atoms with Crippen LogP contribution in [0.25, 0.3) is 32.6 Å². The number of aromatic nitrogens is 3. The molecule has 0 fully saturated rings. The van der Waals surface area contributed by atoms with E-state index in [-0.39, 0.29) is 0 Å². The van der Waals surface area contributed by atoms with Gasteiger partial charge in [-0.1, -0.05) is 30.3 Å². The Hall–Kier alpha value is -2.68. The van der Waals surface area contributed by atoms with Crippen molar-refractivity contribution < 1.29 is 8.95 Å². The maximum atomic E-state index is 12.9. The van der Waals surface area contributed by atoms with E-state index in [1.54, 1.807) is 19.5 Å². The van der Waals surface area contributed by atoms with Crippen LogP contribution < -0.4 is 5.73 Å². The normalized spacial score (nSPS) is 12.3. The molecule has 0 saturated heterocycles. The molecular weight excluding hydrogens is 404 g/mol. The molecule has 8 heteroatoms. The van der Waals surface area contributed by atoms with Gasteiger partial charge in [-0.05, 0) is 29.7 Å². The molecule has 0 amide bonds. The van der Waals surface area contributed by atoms with Crippen molar-refractivity contribution in [2.75, 3.05) is 25.2 Å². The van der Waals surface area contributed by atoms with E-state index in [9.17, 15) is 4.21 Å². The maximum Gasteiger partial charge on any atom is 0.127 e. The summed E-state index contributed by atoms with van der Waals surface area (Å²) in [5, 5.41) is 8.66. The molecule has 0 aliphatic rings. The molecule has 1 aromatic carbocycles. The average Bonchev–Trinajstić information content (AvgIpc) is 3.11. The quantitative estimate of drug-likeness (QED) is 0.448. The molecule has 29 heavy (non-hydrogen) atoms. The minimum absolute atomic E-state index is 0.507. The molecule has 4 rings (SSSR count). The molecule has 2 N–H and O–H groups in total. The molecule has 3 aromatic heterocycles. The van der Waals surface area contributed by atoms with Gasteiger partial charge in [0.25, 0.3) is 0 Å². The third-order valence-corrected chi connectivity index (χ3v) is 7.51. The fourth-order valence-electron chi connectivity index (χ4n) is 3.13. The minimum atomic E-state index is -1.19. The van der Waals surface area contributed by atoms with Gasteiger partial charge in [0.05, 0.1) is 34.6 Å². The number of fused-ring (bicyclic) bond motifs is 1. The van der Waals surface area contributed by atoms with Gasteiger partial charge in [0.15, 0.2) is 0 Å². The van der Waals surface area contributed by atoms with Gasteiger partial charge in [-0.15, -0.1) is 11.3 Å². The van der Waals surface area contributed by atoms with E-state index in [0.717, 1.165) is 32.6 Å². The number of rotatable bonds is 7. The standard InChI is InChI=1S/C21H20N4O2S2/c1-27-10-5-11-29(26)21-19(22)18-16(14-6-3-2-4-7-14)12-17(25-20(18)28-21)15-8-9-23-24-13-15/h2-4,6-9,12-13H,5,10-11,22H2,1H3. The fourth-order valence-corrected chi connectivity index (χ4v) is 5.76. The van der Waals surface area contributed by atoms with E-state index in [2.05, 4.69) is 10.2 Å². The zero-order valence-corrected chi connectivity index (χ0v) is 17.5. The number of nitrogen functional groups attached to an aromatic ring is 1. The van der Waals surface area contributed by atoms with E-state index in [1.165, 1.54) is 11.3 Å². The Balaban J connectivity index is 1.89. The van der Waals surface area contributed by atoms with E-state index in [1.807, 2.05) is 42.5 Å². The van der Waals surface area contributed by atoms with Crippen LogP contribution in [0.4, 0.5) is 5.69 Å². The van der Waals surface area contributed by atoms with Gasteiger partial charge in [0.1, 0.15) is 9.04 Å². The number of hydrogen-bond donors (Lipinski definition) is 1. The van der Waals surface area contributed by atoms with E-state index in [0.29, 0.717) is 28.7 Å². The van der Waals surface area contributed by atoms with Crippen molar-refractivity contribution in [2.24, 2.45) is 0 Å². The molecule has 0 saturated carbocycles. The van der Waals surface area contributed by atoms with Crippen molar-refractivity contribution in [2.45, 2.75) is 10.6 Å². The monoisotopic (exact) mass is 424 g/mol. The number of methoxy groups -OCH3 is 1. The number of anilines is 1. The first kappa shape index (κ1) is 19.6. The lowest BCUT2D eigenvalue weighted by Crippen LogP contribution is -2.02. The Morgan fingerprint density at radius 3 is 2.69 bits per heavy atom. The minimum Gasteiger partial charge on any atom is -0.396 e. The number of ether oxygens (including phenoxy) is 1. The summed E-state index contributed by atoms with van der Waals surface area (Å²) in [5.41, 5.74) is 10.7. The molecular formula is C21H20N4O2S2. The van der Waals surface area contributed by atoms with Gasteiger partial charge in [-0.3, -0.25) is 4.21 Å². The summed E-state index contributed by atoms with van der Waals surface area (Å²) < 4.78 is 18.6. The second kappa shape index (κ2) is 8.77. The summed E-state index contributed by atoms with van der Waals surface area (Å²) in [5.74, 6) is 0.507. The van der Waals surface area contributed by atoms with Gasteiger partial charge in [0.2, 0.25) is 0 Å². The molecule has 3 heterocycles. The topological polar surface area (TPSA) is 91.0 Å². The molecule has 0 bridgehead atoms. The van der Waals surface area contributed by atoms with E-state index in [4.69, 9.17) is 15.5 Å². The van der Waals surface area contributed by atoms with Crippen LogP contribution in [0, 0.1) is 0 Å². The van der Waals surface area contributed by atoms with Gasteiger partial charge in [-0.25, -0.2) is 4.98 Å². The highest BCUT2D eigenvalue weighted by molar-refractivity contribution is 7.87. The van der Waals surface area contributed by atoms with Crippen LogP contribution in [0.3, 0.4) is 0 Å². The second-order valence-corrected chi connectivity index (χ2v) is 9.20. The smallest absolute Gasteiger partial charge is 0.127 e. The molecule has 0 aliphatic heterocycles. The number of thiophene rings is 1. The van der Waals surface area contributed by atoms with Crippen LogP contribution in [0.5, 0.6) is 0 Å². The van der Waals surface area contributed by atoms with Crippen LogP contribution in [0.1, 0.15) is 6.42 Å². The van der Waals surface area contributed by atoms with Gasteiger partial charge in [0, 0.05) is 30.4 Å². The summed E-state index contributed by atoms with van der Waals surface area (Å²) in [6, 6.07) is 13.9. The van der Waals surface area contributed by atoms with Crippen LogP contribution in [0.2, 0.25) is 0 Å². The summed E-state index contributed by atoms with van der Waals surface area (Å²) in [4.78, 5) is 5.57. The summed E-state index contributed by atoms with van der Waals surface area (Å²) in [6.45, 7) is 0.573. The molecule has 1 atom stereocenters. The predicted molar refractivity (Wildman–Crippen MR) is 118 cm³/mol. The molecule has 4 aromatic rings. The van der Waals surface area contributed by atoms with Crippen LogP contribution in [0.15, 0.2) is 59.1 Å². The number of hydrogen-bond acceptors (Lipinski definition) is 7. The molecule has 6 nitrogen and oxygen atoms in total. The van der Waals surface area contributed by atoms with Crippen molar-refractivity contribution in [1.82, 2.24) is 15.2 Å². The number of pyridine rings is 1. The van der Waals surface area contributed by atoms with Crippen molar-refractivity contribution in [3.63, 3.8) is 0 Å². The molecule has 1 unspecified atom stereocenters. The van der Waals surface area contributed by atoms with Gasteiger partial charge >= 0.3 is 0 Å². The number of nitrogens with zero attached hydrogens (tertiary/aromatic N) is 3. The highest BCUT2D eigenvalue weighted by Gasteiger charge is 2.20. The lowest BCUT2D eigenvalue weighted by molar-refractivity contribution is 0.200. The average molecular weight is 425 g/mol. The lowest BCUT2D eigenvalue weighted by Gasteiger charge is -2.08. The Labute approximate surface area is 175 Å².